The number of carbonyl (C=O) groups excluding carboxylic acids is 1. The number of H-pyrrole nitrogens is 1. The number of hydrogen-bond donors (Lipinski definition) is 3. The maximum atomic E-state index is 12.1. The summed E-state index contributed by atoms with van der Waals surface area (Å²) < 4.78 is 0. The molecule has 0 radical (unpaired) electrons. The average molecular weight is 236 g/mol. The molecule has 92 valence electrons. The van der Waals surface area contributed by atoms with Crippen molar-refractivity contribution in [2.45, 2.75) is 25.7 Å². The van der Waals surface area contributed by atoms with Gasteiger partial charge in [0.2, 0.25) is 5.91 Å². The summed E-state index contributed by atoms with van der Waals surface area (Å²) in [7, 11) is 0. The van der Waals surface area contributed by atoms with E-state index < -0.39 is 5.41 Å². The Bertz CT molecular complexity index is 442. The van der Waals surface area contributed by atoms with Crippen LogP contribution in [0, 0.1) is 5.41 Å². The van der Waals surface area contributed by atoms with Crippen LogP contribution in [0.2, 0.25) is 0 Å². The lowest BCUT2D eigenvalue weighted by Crippen LogP contribution is -2.40. The van der Waals surface area contributed by atoms with Crippen LogP contribution in [0.3, 0.4) is 0 Å². The van der Waals surface area contributed by atoms with Crippen LogP contribution in [-0.2, 0) is 4.79 Å². The zero-order valence-electron chi connectivity index (χ0n) is 9.53. The van der Waals surface area contributed by atoms with Gasteiger partial charge in [-0.1, -0.05) is 12.8 Å². The predicted molar refractivity (Wildman–Crippen MR) is 63.4 cm³/mol. The van der Waals surface area contributed by atoms with Crippen molar-refractivity contribution >= 4 is 11.7 Å². The van der Waals surface area contributed by atoms with Gasteiger partial charge in [-0.25, -0.2) is 5.10 Å². The maximum absolute atomic E-state index is 12.1. The van der Waals surface area contributed by atoms with Crippen molar-refractivity contribution in [2.75, 3.05) is 11.9 Å². The number of hydrogen-bond acceptors (Lipinski definition) is 4. The Balaban J connectivity index is 2.10. The van der Waals surface area contributed by atoms with E-state index in [1.54, 1.807) is 0 Å². The third-order valence-electron chi connectivity index (χ3n) is 3.35. The summed E-state index contributed by atoms with van der Waals surface area (Å²) in [5.74, 6) is 0.256. The average Bonchev–Trinajstić information content (AvgIpc) is 2.82. The lowest BCUT2D eigenvalue weighted by atomic mass is 9.85. The first kappa shape index (κ1) is 11.8. The summed E-state index contributed by atoms with van der Waals surface area (Å²) >= 11 is 0. The van der Waals surface area contributed by atoms with Gasteiger partial charge in [0.15, 0.2) is 5.82 Å². The van der Waals surface area contributed by atoms with Crippen molar-refractivity contribution < 1.29 is 4.79 Å². The Morgan fingerprint density at radius 1 is 1.47 bits per heavy atom. The molecule has 0 unspecified atom stereocenters. The minimum absolute atomic E-state index is 0.1000. The van der Waals surface area contributed by atoms with Crippen LogP contribution < -0.4 is 16.6 Å². The lowest BCUT2D eigenvalue weighted by molar-refractivity contribution is -0.124. The van der Waals surface area contributed by atoms with Crippen LogP contribution in [0.25, 0.3) is 0 Å². The van der Waals surface area contributed by atoms with Gasteiger partial charge >= 0.3 is 0 Å². The normalized spacial score (nSPS) is 17.9. The molecule has 0 aliphatic heterocycles. The summed E-state index contributed by atoms with van der Waals surface area (Å²) in [5, 5.41) is 8.72. The van der Waals surface area contributed by atoms with Gasteiger partial charge in [0.05, 0.1) is 5.41 Å². The van der Waals surface area contributed by atoms with E-state index >= 15 is 0 Å². The first-order valence-electron chi connectivity index (χ1n) is 5.74. The summed E-state index contributed by atoms with van der Waals surface area (Å²) in [5.41, 5.74) is 4.95. The molecule has 2 rings (SSSR count). The van der Waals surface area contributed by atoms with E-state index in [-0.39, 0.29) is 11.5 Å². The molecule has 17 heavy (non-hydrogen) atoms. The SMILES string of the molecule is NCC1(C(=O)Nc2ccc(=O)[nH]n2)CCCC1. The molecular weight excluding hydrogens is 220 g/mol. The highest BCUT2D eigenvalue weighted by molar-refractivity contribution is 5.94. The Morgan fingerprint density at radius 3 is 2.71 bits per heavy atom. The van der Waals surface area contributed by atoms with Gasteiger partial charge < -0.3 is 11.1 Å². The van der Waals surface area contributed by atoms with Crippen LogP contribution in [0.1, 0.15) is 25.7 Å². The molecule has 0 saturated heterocycles. The molecule has 6 nitrogen and oxygen atoms in total. The van der Waals surface area contributed by atoms with Crippen molar-refractivity contribution in [3.05, 3.63) is 22.5 Å². The standard InChI is InChI=1S/C11H16N4O2/c12-7-11(5-1-2-6-11)10(17)13-8-3-4-9(16)15-14-8/h3-4H,1-2,5-7,12H2,(H,15,16)(H,13,14,17). The molecule has 1 heterocycles. The van der Waals surface area contributed by atoms with Crippen molar-refractivity contribution in [2.24, 2.45) is 11.1 Å². The number of rotatable bonds is 3. The van der Waals surface area contributed by atoms with Crippen molar-refractivity contribution in [3.8, 4) is 0 Å². The van der Waals surface area contributed by atoms with Gasteiger partial charge in [-0.3, -0.25) is 9.59 Å². The third kappa shape index (κ3) is 2.36. The van der Waals surface area contributed by atoms with Gasteiger partial charge in [0.25, 0.3) is 5.56 Å². The number of carbonyl (C=O) groups is 1. The molecule has 1 fully saturated rings. The van der Waals surface area contributed by atoms with Crippen molar-refractivity contribution in [3.63, 3.8) is 0 Å². The minimum Gasteiger partial charge on any atom is -0.329 e. The number of nitrogens with two attached hydrogens (primary N) is 1. The Labute approximate surface area is 98.6 Å². The fourth-order valence-electron chi connectivity index (χ4n) is 2.24. The number of amides is 1. The molecule has 0 aromatic carbocycles. The second kappa shape index (κ2) is 4.67. The molecule has 1 aliphatic carbocycles. The molecule has 0 atom stereocenters. The summed E-state index contributed by atoms with van der Waals surface area (Å²) in [6, 6.07) is 2.81. The summed E-state index contributed by atoms with van der Waals surface area (Å²) in [6.07, 6.45) is 3.70. The molecule has 1 saturated carbocycles. The molecule has 1 amide bonds. The molecule has 6 heteroatoms. The molecule has 0 bridgehead atoms. The predicted octanol–water partition coefficient (Wildman–Crippen LogP) is 0.227. The van der Waals surface area contributed by atoms with Crippen molar-refractivity contribution in [1.82, 2.24) is 10.2 Å². The van der Waals surface area contributed by atoms with Gasteiger partial charge in [0, 0.05) is 12.6 Å². The highest BCUT2D eigenvalue weighted by atomic mass is 16.2. The molecule has 1 aromatic heterocycles. The largest absolute Gasteiger partial charge is 0.329 e. The van der Waals surface area contributed by atoms with Crippen LogP contribution in [0.15, 0.2) is 16.9 Å². The van der Waals surface area contributed by atoms with E-state index in [1.165, 1.54) is 12.1 Å². The fraction of sp³-hybridized carbons (Fsp3) is 0.545. The smallest absolute Gasteiger partial charge is 0.264 e. The van der Waals surface area contributed by atoms with Crippen LogP contribution in [0.4, 0.5) is 5.82 Å². The van der Waals surface area contributed by atoms with Crippen LogP contribution >= 0.6 is 0 Å². The fourth-order valence-corrected chi connectivity index (χ4v) is 2.24. The Kier molecular flexibility index (Phi) is 3.23. The molecule has 1 aliphatic rings. The summed E-state index contributed by atoms with van der Waals surface area (Å²) in [6.45, 7) is 0.349. The van der Waals surface area contributed by atoms with Gasteiger partial charge in [0.1, 0.15) is 0 Å². The van der Waals surface area contributed by atoms with E-state index in [9.17, 15) is 9.59 Å². The minimum atomic E-state index is -0.460. The van der Waals surface area contributed by atoms with E-state index in [1.807, 2.05) is 0 Å². The highest BCUT2D eigenvalue weighted by Crippen LogP contribution is 2.37. The van der Waals surface area contributed by atoms with Crippen molar-refractivity contribution in [1.29, 1.82) is 0 Å². The number of nitrogens with zero attached hydrogens (tertiary/aromatic N) is 1. The quantitative estimate of drug-likeness (QED) is 0.699. The second-order valence-electron chi connectivity index (χ2n) is 4.45. The van der Waals surface area contributed by atoms with E-state index in [2.05, 4.69) is 15.5 Å². The zero-order valence-corrected chi connectivity index (χ0v) is 9.53. The monoisotopic (exact) mass is 236 g/mol. The van der Waals surface area contributed by atoms with Gasteiger partial charge in [-0.2, -0.15) is 5.10 Å². The van der Waals surface area contributed by atoms with E-state index in [4.69, 9.17) is 5.73 Å². The van der Waals surface area contributed by atoms with Gasteiger partial charge in [-0.15, -0.1) is 0 Å². The number of anilines is 1. The number of aromatic amines is 1. The lowest BCUT2D eigenvalue weighted by Gasteiger charge is -2.25. The molecular formula is C11H16N4O2. The molecule has 0 spiro atoms. The highest BCUT2D eigenvalue weighted by Gasteiger charge is 2.39. The van der Waals surface area contributed by atoms with Crippen LogP contribution in [-0.4, -0.2) is 22.6 Å². The maximum Gasteiger partial charge on any atom is 0.264 e. The Hall–Kier alpha value is -1.69. The first-order chi connectivity index (χ1) is 8.16. The van der Waals surface area contributed by atoms with Crippen LogP contribution in [0.5, 0.6) is 0 Å². The van der Waals surface area contributed by atoms with Gasteiger partial charge in [-0.05, 0) is 18.9 Å². The third-order valence-corrected chi connectivity index (χ3v) is 3.35. The topological polar surface area (TPSA) is 101 Å². The summed E-state index contributed by atoms with van der Waals surface area (Å²) in [4.78, 5) is 23.0. The zero-order chi connectivity index (χ0) is 12.3. The number of nitrogens with one attached hydrogen (secondary N) is 2. The van der Waals surface area contributed by atoms with E-state index in [0.717, 1.165) is 25.7 Å². The molecule has 4 N–H and O–H groups in total. The number of aromatic nitrogens is 2. The Morgan fingerprint density at radius 2 is 2.18 bits per heavy atom. The van der Waals surface area contributed by atoms with E-state index in [0.29, 0.717) is 12.4 Å². The first-order valence-corrected chi connectivity index (χ1v) is 5.74. The molecule has 1 aromatic rings. The second-order valence-corrected chi connectivity index (χ2v) is 4.45.